The van der Waals surface area contributed by atoms with Crippen molar-refractivity contribution in [2.75, 3.05) is 5.32 Å². The van der Waals surface area contributed by atoms with Crippen LogP contribution in [0.3, 0.4) is 0 Å². The zero-order valence-corrected chi connectivity index (χ0v) is 13.2. The summed E-state index contributed by atoms with van der Waals surface area (Å²) < 4.78 is 1.92. The fourth-order valence-electron chi connectivity index (χ4n) is 2.80. The van der Waals surface area contributed by atoms with E-state index in [1.165, 1.54) is 0 Å². The van der Waals surface area contributed by atoms with Crippen molar-refractivity contribution in [2.24, 2.45) is 5.73 Å². The fraction of sp³-hybridized carbons (Fsp3) is 0.375. The van der Waals surface area contributed by atoms with Crippen LogP contribution in [0.15, 0.2) is 42.7 Å². The van der Waals surface area contributed by atoms with Crippen molar-refractivity contribution in [3.8, 4) is 0 Å². The average molecular weight is 321 g/mol. The number of aromatic nitrogens is 2. The number of nitrogens with two attached hydrogens (primary N) is 1. The molecule has 0 spiro atoms. The molecule has 22 heavy (non-hydrogen) atoms. The van der Waals surface area contributed by atoms with Gasteiger partial charge in [0.2, 0.25) is 11.9 Å². The first kappa shape index (κ1) is 16.5. The number of anilines is 1. The van der Waals surface area contributed by atoms with Gasteiger partial charge in [0.1, 0.15) is 0 Å². The van der Waals surface area contributed by atoms with Crippen LogP contribution in [0.25, 0.3) is 0 Å². The number of nitrogens with one attached hydrogen (secondary N) is 1. The zero-order chi connectivity index (χ0) is 14.7. The maximum absolute atomic E-state index is 12.3. The fourth-order valence-corrected chi connectivity index (χ4v) is 2.80. The van der Waals surface area contributed by atoms with Crippen LogP contribution >= 0.6 is 12.4 Å². The number of benzene rings is 1. The summed E-state index contributed by atoms with van der Waals surface area (Å²) in [6.45, 7) is 0.675. The van der Waals surface area contributed by atoms with E-state index in [2.05, 4.69) is 10.3 Å². The van der Waals surface area contributed by atoms with E-state index in [1.807, 2.05) is 41.1 Å². The molecule has 1 fully saturated rings. The summed E-state index contributed by atoms with van der Waals surface area (Å²) in [6.07, 6.45) is 7.08. The van der Waals surface area contributed by atoms with Gasteiger partial charge in [-0.25, -0.2) is 4.98 Å². The minimum atomic E-state index is -0.733. The number of carbonyl (C=O) groups is 1. The third-order valence-corrected chi connectivity index (χ3v) is 4.08. The third kappa shape index (κ3) is 3.48. The highest BCUT2D eigenvalue weighted by atomic mass is 35.5. The van der Waals surface area contributed by atoms with Gasteiger partial charge in [-0.2, -0.15) is 0 Å². The minimum Gasteiger partial charge on any atom is -0.317 e. The number of hydrogen-bond donors (Lipinski definition) is 2. The molecule has 3 rings (SSSR count). The Labute approximate surface area is 136 Å². The average Bonchev–Trinajstić information content (AvgIpc) is 3.11. The first-order chi connectivity index (χ1) is 10.2. The first-order valence-corrected chi connectivity index (χ1v) is 7.33. The molecule has 1 saturated carbocycles. The van der Waals surface area contributed by atoms with E-state index in [1.54, 1.807) is 6.20 Å². The van der Waals surface area contributed by atoms with Crippen LogP contribution < -0.4 is 11.1 Å². The van der Waals surface area contributed by atoms with Crippen molar-refractivity contribution in [3.05, 3.63) is 48.3 Å². The van der Waals surface area contributed by atoms with E-state index >= 15 is 0 Å². The van der Waals surface area contributed by atoms with E-state index in [9.17, 15) is 4.79 Å². The number of carbonyl (C=O) groups excluding carboxylic acids is 1. The molecule has 1 aliphatic rings. The SMILES string of the molecule is Cl.NC1(C(=O)Nc2nccn2Cc2ccccc2)CCCC1. The van der Waals surface area contributed by atoms with Gasteiger partial charge in [0, 0.05) is 12.4 Å². The van der Waals surface area contributed by atoms with E-state index in [-0.39, 0.29) is 18.3 Å². The standard InChI is InChI=1S/C16H20N4O.ClH/c17-16(8-4-5-9-16)14(21)19-15-18-10-11-20(15)12-13-6-2-1-3-7-13;/h1-3,6-7,10-11H,4-5,8-9,12,17H2,(H,18,19,21);1H. The largest absolute Gasteiger partial charge is 0.317 e. The Balaban J connectivity index is 0.00000176. The van der Waals surface area contributed by atoms with Crippen molar-refractivity contribution < 1.29 is 4.79 Å². The molecule has 1 aliphatic carbocycles. The lowest BCUT2D eigenvalue weighted by Gasteiger charge is -2.22. The highest BCUT2D eigenvalue weighted by molar-refractivity contribution is 5.97. The van der Waals surface area contributed by atoms with Crippen LogP contribution in [-0.4, -0.2) is 21.0 Å². The first-order valence-electron chi connectivity index (χ1n) is 7.33. The Kier molecular flexibility index (Phi) is 5.21. The second-order valence-corrected chi connectivity index (χ2v) is 5.68. The molecule has 0 saturated heterocycles. The Bertz CT molecular complexity index is 620. The second kappa shape index (κ2) is 6.94. The van der Waals surface area contributed by atoms with Gasteiger partial charge in [0.15, 0.2) is 0 Å². The van der Waals surface area contributed by atoms with Gasteiger partial charge in [-0.05, 0) is 18.4 Å². The van der Waals surface area contributed by atoms with Gasteiger partial charge in [-0.15, -0.1) is 12.4 Å². The molecule has 1 heterocycles. The van der Waals surface area contributed by atoms with Crippen molar-refractivity contribution in [1.82, 2.24) is 9.55 Å². The van der Waals surface area contributed by atoms with Gasteiger partial charge in [0.05, 0.1) is 12.1 Å². The Morgan fingerprint density at radius 3 is 2.64 bits per heavy atom. The summed E-state index contributed by atoms with van der Waals surface area (Å²) in [4.78, 5) is 16.6. The molecule has 3 N–H and O–H groups in total. The molecule has 0 bridgehead atoms. The van der Waals surface area contributed by atoms with Crippen molar-refractivity contribution in [2.45, 2.75) is 37.8 Å². The highest BCUT2D eigenvalue weighted by Crippen LogP contribution is 2.28. The Morgan fingerprint density at radius 1 is 1.27 bits per heavy atom. The number of nitrogens with zero attached hydrogens (tertiary/aromatic N) is 2. The molecular weight excluding hydrogens is 300 g/mol. The summed E-state index contributed by atoms with van der Waals surface area (Å²) in [5.41, 5.74) is 6.60. The van der Waals surface area contributed by atoms with Crippen molar-refractivity contribution in [1.29, 1.82) is 0 Å². The molecule has 0 atom stereocenters. The maximum Gasteiger partial charge on any atom is 0.246 e. The maximum atomic E-state index is 12.3. The summed E-state index contributed by atoms with van der Waals surface area (Å²) in [6, 6.07) is 10.1. The van der Waals surface area contributed by atoms with Crippen LogP contribution in [0.2, 0.25) is 0 Å². The van der Waals surface area contributed by atoms with E-state index in [4.69, 9.17) is 5.73 Å². The molecular formula is C16H21ClN4O. The Hall–Kier alpha value is -1.85. The van der Waals surface area contributed by atoms with Gasteiger partial charge in [0.25, 0.3) is 0 Å². The predicted molar refractivity (Wildman–Crippen MR) is 89.0 cm³/mol. The lowest BCUT2D eigenvalue weighted by Crippen LogP contribution is -2.49. The third-order valence-electron chi connectivity index (χ3n) is 4.08. The Morgan fingerprint density at radius 2 is 1.95 bits per heavy atom. The molecule has 1 aromatic carbocycles. The lowest BCUT2D eigenvalue weighted by atomic mass is 9.98. The van der Waals surface area contributed by atoms with Crippen LogP contribution in [0.4, 0.5) is 5.95 Å². The molecule has 6 heteroatoms. The van der Waals surface area contributed by atoms with Crippen LogP contribution in [0.5, 0.6) is 0 Å². The quantitative estimate of drug-likeness (QED) is 0.909. The molecule has 5 nitrogen and oxygen atoms in total. The normalized spacial score (nSPS) is 16.0. The zero-order valence-electron chi connectivity index (χ0n) is 12.4. The van der Waals surface area contributed by atoms with Crippen molar-refractivity contribution >= 4 is 24.3 Å². The summed E-state index contributed by atoms with van der Waals surface area (Å²) in [5.74, 6) is 0.432. The lowest BCUT2D eigenvalue weighted by molar-refractivity contribution is -0.121. The number of hydrogen-bond acceptors (Lipinski definition) is 3. The smallest absolute Gasteiger partial charge is 0.246 e. The van der Waals surface area contributed by atoms with Gasteiger partial charge >= 0.3 is 0 Å². The van der Waals surface area contributed by atoms with Gasteiger partial charge in [-0.1, -0.05) is 43.2 Å². The van der Waals surface area contributed by atoms with Gasteiger partial charge in [-0.3, -0.25) is 10.1 Å². The van der Waals surface area contributed by atoms with E-state index in [0.717, 1.165) is 31.2 Å². The number of rotatable bonds is 4. The van der Waals surface area contributed by atoms with Crippen molar-refractivity contribution in [3.63, 3.8) is 0 Å². The number of amides is 1. The molecule has 1 aromatic heterocycles. The highest BCUT2D eigenvalue weighted by Gasteiger charge is 2.37. The predicted octanol–water partition coefficient (Wildman–Crippen LogP) is 2.56. The number of halogens is 1. The second-order valence-electron chi connectivity index (χ2n) is 5.68. The van der Waals surface area contributed by atoms with E-state index in [0.29, 0.717) is 12.5 Å². The molecule has 0 radical (unpaired) electrons. The summed E-state index contributed by atoms with van der Waals surface area (Å²) in [7, 11) is 0. The summed E-state index contributed by atoms with van der Waals surface area (Å²) in [5, 5.41) is 2.88. The molecule has 2 aromatic rings. The molecule has 118 valence electrons. The molecule has 1 amide bonds. The minimum absolute atomic E-state index is 0. The summed E-state index contributed by atoms with van der Waals surface area (Å²) >= 11 is 0. The van der Waals surface area contributed by atoms with Crippen LogP contribution in [-0.2, 0) is 11.3 Å². The monoisotopic (exact) mass is 320 g/mol. The van der Waals surface area contributed by atoms with Gasteiger partial charge < -0.3 is 10.3 Å². The van der Waals surface area contributed by atoms with Crippen LogP contribution in [0, 0.1) is 0 Å². The molecule has 0 unspecified atom stereocenters. The van der Waals surface area contributed by atoms with E-state index < -0.39 is 5.54 Å². The number of imidazole rings is 1. The topological polar surface area (TPSA) is 72.9 Å². The molecule has 0 aliphatic heterocycles. The van der Waals surface area contributed by atoms with Crippen LogP contribution in [0.1, 0.15) is 31.2 Å².